The third-order valence-electron chi connectivity index (χ3n) is 21.5. The standard InChI is InChI=1S/2C30H38N2.C10H20N2O2.10C4H8O.2Li.2Mg/c2*1-19(2)23-13-11-14-24(20(3)4)29(23)31-27-17-9-10-18-28(27)32-30-25(21(5)6)15-12-16-26(30)22(7)8;1-9(2,3)11-7(13)8(14)12-10(4,5)6;10*1-2-4-5-3-1;;;;/h2*9-22H,1-8H3;1-6H3,(H,11,13)(H,12,14);10*1-4H2;;;;/q2*-2;;;;;;;;;;;;2*+1;2*+2. The molecule has 0 saturated carbocycles. The molecule has 0 spiro atoms. The van der Waals surface area contributed by atoms with Crippen molar-refractivity contribution in [2.24, 2.45) is 0 Å². The first kappa shape index (κ1) is 128. The number of hydrogen-bond donors (Lipinski definition) is 2. The third-order valence-corrected chi connectivity index (χ3v) is 21.5. The van der Waals surface area contributed by atoms with Gasteiger partial charge in [-0.3, -0.25) is 0 Å². The van der Waals surface area contributed by atoms with Gasteiger partial charge in [0.1, 0.15) is 0 Å². The van der Waals surface area contributed by atoms with Crippen LogP contribution >= 0.6 is 0 Å². The predicted octanol–water partition coefficient (Wildman–Crippen LogP) is 19.2. The van der Waals surface area contributed by atoms with E-state index in [1.165, 1.54) is 173 Å². The minimum Gasteiger partial charge on any atom is -0.820 e. The maximum absolute atomic E-state index is 11.3. The fraction of sp³-hybridized carbons (Fsp3) is 0.655. The van der Waals surface area contributed by atoms with Gasteiger partial charge in [0, 0.05) is 132 Å². The quantitative estimate of drug-likeness (QED) is 0.0525. The minimum absolute atomic E-state index is 0. The van der Waals surface area contributed by atoms with Crippen molar-refractivity contribution < 1.29 is 105 Å². The number of nitrogens with zero attached hydrogens (tertiary/aromatic N) is 4. The summed E-state index contributed by atoms with van der Waals surface area (Å²) in [5.41, 5.74) is 17.6. The maximum atomic E-state index is 11.3. The first-order valence-corrected chi connectivity index (χ1v) is 49.4. The molecule has 10 fully saturated rings. The van der Waals surface area contributed by atoms with Crippen molar-refractivity contribution in [3.05, 3.63) is 187 Å². The van der Waals surface area contributed by atoms with Crippen LogP contribution in [-0.2, 0) is 47.4 Å². The van der Waals surface area contributed by atoms with Crippen molar-refractivity contribution in [3.63, 3.8) is 0 Å². The van der Waals surface area contributed by atoms with Crippen LogP contribution in [0.15, 0.2) is 121 Å². The van der Waals surface area contributed by atoms with Gasteiger partial charge in [-0.15, -0.1) is 22.7 Å². The van der Waals surface area contributed by atoms with Gasteiger partial charge >= 0.3 is 83.8 Å². The van der Waals surface area contributed by atoms with Crippen LogP contribution in [0.5, 0.6) is 0 Å². The van der Waals surface area contributed by atoms with Gasteiger partial charge in [0.05, 0.1) is 0 Å². The van der Waals surface area contributed by atoms with E-state index in [-0.39, 0.29) is 94.9 Å². The van der Waals surface area contributed by atoms with E-state index in [1.54, 1.807) is 0 Å². The fourth-order valence-electron chi connectivity index (χ4n) is 14.2. The van der Waals surface area contributed by atoms with E-state index in [9.17, 15) is 10.2 Å². The van der Waals surface area contributed by atoms with Gasteiger partial charge in [-0.05, 0) is 217 Å². The van der Waals surface area contributed by atoms with E-state index in [1.807, 2.05) is 41.5 Å². The number of nitrogens with one attached hydrogen (secondary N) is 2. The summed E-state index contributed by atoms with van der Waals surface area (Å²) < 4.78 is 49.4. The Bertz CT molecular complexity index is 3170. The van der Waals surface area contributed by atoms with Crippen LogP contribution in [-0.4, -0.2) is 201 Å². The van der Waals surface area contributed by atoms with Crippen LogP contribution in [0.4, 0.5) is 45.5 Å². The summed E-state index contributed by atoms with van der Waals surface area (Å²) in [5.74, 6) is 2.08. The Morgan fingerprint density at radius 2 is 0.333 bits per heavy atom. The van der Waals surface area contributed by atoms with E-state index >= 15 is 0 Å². The molecule has 10 heterocycles. The zero-order chi connectivity index (χ0) is 93.8. The third kappa shape index (κ3) is 56.7. The summed E-state index contributed by atoms with van der Waals surface area (Å²) in [4.78, 5) is 5.18. The molecule has 0 aromatic heterocycles. The van der Waals surface area contributed by atoms with Crippen LogP contribution in [0.2, 0.25) is 0 Å². The monoisotopic (exact) mass is 1840 g/mol. The Kier molecular flexibility index (Phi) is 74.2. The summed E-state index contributed by atoms with van der Waals surface area (Å²) in [6.07, 6.45) is 25.6. The van der Waals surface area contributed by atoms with E-state index in [2.05, 4.69) is 242 Å². The molecule has 22 heteroatoms. The molecule has 10 aliphatic rings. The molecule has 18 nitrogen and oxygen atoms in total. The van der Waals surface area contributed by atoms with Crippen molar-refractivity contribution in [1.82, 2.24) is 0 Å². The Morgan fingerprint density at radius 3 is 0.417 bits per heavy atom. The topological polar surface area (TPSA) is 223 Å². The Balaban J connectivity index is 0.00000155. The van der Waals surface area contributed by atoms with Gasteiger partial charge in [0.2, 0.25) is 0 Å². The molecule has 16 rings (SSSR count). The second-order valence-electron chi connectivity index (χ2n) is 38.4. The zero-order valence-electron chi connectivity index (χ0n) is 87.6. The Hall–Kier alpha value is -4.21. The molecule has 722 valence electrons. The van der Waals surface area contributed by atoms with Crippen LogP contribution in [0.3, 0.4) is 0 Å². The summed E-state index contributed by atoms with van der Waals surface area (Å²) >= 11 is 0. The zero-order valence-corrected chi connectivity index (χ0v) is 90.4. The van der Waals surface area contributed by atoms with Crippen LogP contribution in [0, 0.1) is 0 Å². The van der Waals surface area contributed by atoms with Crippen molar-refractivity contribution in [3.8, 4) is 0 Å². The van der Waals surface area contributed by atoms with Crippen LogP contribution < -0.4 is 57.9 Å². The number of rotatable bonds is 16. The maximum Gasteiger partial charge on any atom is 2.00 e. The molecule has 0 atom stereocenters. The van der Waals surface area contributed by atoms with Crippen LogP contribution in [0.25, 0.3) is 21.3 Å². The second-order valence-corrected chi connectivity index (χ2v) is 38.4. The van der Waals surface area contributed by atoms with Crippen molar-refractivity contribution >= 4 is 103 Å². The molecular weight excluding hydrogens is 1660 g/mol. The molecule has 6 aromatic carbocycles. The van der Waals surface area contributed by atoms with Gasteiger partial charge in [0.15, 0.2) is 22.9 Å². The van der Waals surface area contributed by atoms with E-state index in [0.717, 1.165) is 178 Å². The Labute approximate surface area is 860 Å². The van der Waals surface area contributed by atoms with E-state index in [4.69, 9.17) is 68.6 Å². The number of para-hydroxylation sites is 8. The van der Waals surface area contributed by atoms with Crippen molar-refractivity contribution in [2.45, 2.75) is 339 Å². The average molecular weight is 1840 g/mol. The summed E-state index contributed by atoms with van der Waals surface area (Å²) in [6.45, 7) is 66.8. The molecule has 0 bridgehead atoms. The summed E-state index contributed by atoms with van der Waals surface area (Å²) in [5, 5.41) is 43.6. The SMILES string of the molecule is C1CCOC1.C1CCOC1.C1CCOC1.C1CCOC1.C1CCOC1.C1CCOC1.C1CCOC1.C1CCOC1.C1CCOC1.C1CCOC1.CC(C)(C)[NH+]=C([O-])C([O-])=[NH+]C(C)(C)C.CC(C)c1cccc(C(C)C)c1[N-]c1ccccc1[N-]c1c(C(C)C)cccc1C(C)C.CC(C)c1cccc(C(C)C)c1[N-]c1ccccc1[N-]c1c(C(C)C)cccc1C(C)C.[Li+].[Li+].[Mg+2].[Mg+2]. The van der Waals surface area contributed by atoms with E-state index < -0.39 is 11.8 Å². The molecule has 0 aliphatic carbocycles. The number of hydrogen-bond acceptors (Lipinski definition) is 12. The largest absolute Gasteiger partial charge is 2.00 e. The first-order chi connectivity index (χ1) is 61.4. The van der Waals surface area contributed by atoms with Crippen LogP contribution in [0.1, 0.15) is 373 Å². The predicted molar refractivity (Wildman–Crippen MR) is 546 cm³/mol. The molecule has 2 N–H and O–H groups in total. The van der Waals surface area contributed by atoms with Gasteiger partial charge in [-0.1, -0.05) is 277 Å². The molecule has 6 aromatic rings. The van der Waals surface area contributed by atoms with E-state index in [0.29, 0.717) is 47.3 Å². The number of ether oxygens (including phenoxy) is 10. The minimum atomic E-state index is -0.590. The Morgan fingerprint density at radius 1 is 0.220 bits per heavy atom. The van der Waals surface area contributed by atoms with Crippen molar-refractivity contribution in [1.29, 1.82) is 0 Å². The molecule has 0 amide bonds. The molecule has 0 radical (unpaired) electrons. The normalized spacial score (nSPS) is 16.4. The fourth-order valence-corrected chi connectivity index (χ4v) is 14.2. The second kappa shape index (κ2) is 76.6. The van der Waals surface area contributed by atoms with Gasteiger partial charge in [-0.25, -0.2) is 9.98 Å². The number of benzene rings is 6. The summed E-state index contributed by atoms with van der Waals surface area (Å²) in [6, 6.07) is 42.9. The van der Waals surface area contributed by atoms with Crippen molar-refractivity contribution in [2.75, 3.05) is 132 Å². The molecule has 132 heavy (non-hydrogen) atoms. The average Bonchev–Trinajstić information content (AvgIpc) is 1.36. The van der Waals surface area contributed by atoms with Gasteiger partial charge in [0.25, 0.3) is 0 Å². The molecular formula is C110H176Li2Mg2N6O12+2. The first-order valence-electron chi connectivity index (χ1n) is 49.4. The van der Waals surface area contributed by atoms with Gasteiger partial charge in [-0.2, -0.15) is 22.7 Å². The smallest absolute Gasteiger partial charge is 0.820 e. The molecule has 10 aliphatic heterocycles. The van der Waals surface area contributed by atoms with Gasteiger partial charge < -0.3 is 78.8 Å². The molecule has 10 saturated heterocycles. The summed E-state index contributed by atoms with van der Waals surface area (Å²) in [7, 11) is 0. The molecule has 0 unspecified atom stereocenters.